The highest BCUT2D eigenvalue weighted by molar-refractivity contribution is 5.37. The van der Waals surface area contributed by atoms with Crippen molar-refractivity contribution in [3.63, 3.8) is 0 Å². The maximum Gasteiger partial charge on any atom is 0.0785 e. The van der Waals surface area contributed by atoms with Gasteiger partial charge in [-0.05, 0) is 37.3 Å². The van der Waals surface area contributed by atoms with Crippen molar-refractivity contribution >= 4 is 0 Å². The standard InChI is InChI=1S/C11H17N.CH3F/c1-3-6-9-7-5-8-11(12)10(9)4-2;1-2/h3-4,6,11H,2,5,7-8,12H2,1H3;1H3/b6-3-;. The molecular weight excluding hydrogens is 177 g/mol. The van der Waals surface area contributed by atoms with Crippen molar-refractivity contribution < 1.29 is 4.39 Å². The Hall–Kier alpha value is -0.890. The molecule has 0 radical (unpaired) electrons. The summed E-state index contributed by atoms with van der Waals surface area (Å²) in [5.74, 6) is 0. The van der Waals surface area contributed by atoms with Crippen LogP contribution in [0.3, 0.4) is 0 Å². The molecule has 0 bridgehead atoms. The van der Waals surface area contributed by atoms with Gasteiger partial charge in [0.15, 0.2) is 0 Å². The number of alkyl halides is 1. The number of hydrogen-bond donors (Lipinski definition) is 1. The van der Waals surface area contributed by atoms with Crippen LogP contribution in [0.2, 0.25) is 0 Å². The first-order chi connectivity index (χ1) is 6.79. The van der Waals surface area contributed by atoms with Crippen molar-refractivity contribution in [2.45, 2.75) is 32.2 Å². The summed E-state index contributed by atoms with van der Waals surface area (Å²) >= 11 is 0. The molecule has 0 aliphatic heterocycles. The van der Waals surface area contributed by atoms with E-state index in [1.54, 1.807) is 0 Å². The number of rotatable bonds is 2. The Labute approximate surface area is 86.2 Å². The topological polar surface area (TPSA) is 26.0 Å². The number of halogens is 1. The zero-order valence-electron chi connectivity index (χ0n) is 9.09. The highest BCUT2D eigenvalue weighted by Gasteiger charge is 2.15. The molecule has 1 rings (SSSR count). The fraction of sp³-hybridized carbons (Fsp3) is 0.500. The Bertz CT molecular complexity index is 228. The Morgan fingerprint density at radius 3 is 2.64 bits per heavy atom. The molecule has 0 aromatic rings. The average molecular weight is 197 g/mol. The quantitative estimate of drug-likeness (QED) is 0.723. The summed E-state index contributed by atoms with van der Waals surface area (Å²) < 4.78 is 9.50. The van der Waals surface area contributed by atoms with Crippen LogP contribution in [0.5, 0.6) is 0 Å². The lowest BCUT2D eigenvalue weighted by molar-refractivity contribution is 0.612. The van der Waals surface area contributed by atoms with Crippen molar-refractivity contribution in [2.75, 3.05) is 7.18 Å². The van der Waals surface area contributed by atoms with Crippen LogP contribution in [-0.2, 0) is 0 Å². The summed E-state index contributed by atoms with van der Waals surface area (Å²) in [6.45, 7) is 5.83. The first kappa shape index (κ1) is 13.1. The third-order valence-corrected chi connectivity index (χ3v) is 2.32. The number of nitrogens with two attached hydrogens (primary N) is 1. The van der Waals surface area contributed by atoms with Gasteiger partial charge in [-0.1, -0.05) is 24.8 Å². The van der Waals surface area contributed by atoms with E-state index in [4.69, 9.17) is 5.73 Å². The smallest absolute Gasteiger partial charge is 0.0785 e. The summed E-state index contributed by atoms with van der Waals surface area (Å²) in [6, 6.07) is 0.211. The lowest BCUT2D eigenvalue weighted by atomic mass is 9.88. The van der Waals surface area contributed by atoms with Gasteiger partial charge in [-0.25, -0.2) is 0 Å². The molecule has 0 heterocycles. The molecule has 2 heteroatoms. The first-order valence-electron chi connectivity index (χ1n) is 4.91. The maximum absolute atomic E-state index is 9.50. The van der Waals surface area contributed by atoms with E-state index >= 15 is 0 Å². The van der Waals surface area contributed by atoms with Crippen LogP contribution in [0.4, 0.5) is 4.39 Å². The second kappa shape index (κ2) is 7.51. The average Bonchev–Trinajstić information content (AvgIpc) is 2.22. The van der Waals surface area contributed by atoms with Crippen molar-refractivity contribution in [3.8, 4) is 0 Å². The van der Waals surface area contributed by atoms with E-state index in [0.717, 1.165) is 12.8 Å². The van der Waals surface area contributed by atoms with Gasteiger partial charge in [0.2, 0.25) is 0 Å². The third kappa shape index (κ3) is 3.46. The van der Waals surface area contributed by atoms with E-state index in [-0.39, 0.29) is 6.04 Å². The number of allylic oxidation sites excluding steroid dienone is 3. The lowest BCUT2D eigenvalue weighted by Gasteiger charge is -2.22. The van der Waals surface area contributed by atoms with Crippen molar-refractivity contribution in [3.05, 3.63) is 36.0 Å². The highest BCUT2D eigenvalue weighted by atomic mass is 19.1. The Morgan fingerprint density at radius 1 is 1.50 bits per heavy atom. The van der Waals surface area contributed by atoms with Gasteiger partial charge < -0.3 is 5.73 Å². The van der Waals surface area contributed by atoms with Crippen LogP contribution in [0.25, 0.3) is 0 Å². The predicted molar refractivity (Wildman–Crippen MR) is 60.9 cm³/mol. The third-order valence-electron chi connectivity index (χ3n) is 2.32. The van der Waals surface area contributed by atoms with Crippen molar-refractivity contribution in [1.29, 1.82) is 0 Å². The minimum atomic E-state index is 0.211. The van der Waals surface area contributed by atoms with Crippen LogP contribution in [0.15, 0.2) is 36.0 Å². The van der Waals surface area contributed by atoms with Crippen LogP contribution in [0, 0.1) is 0 Å². The Morgan fingerprint density at radius 2 is 2.14 bits per heavy atom. The van der Waals surface area contributed by atoms with E-state index in [2.05, 4.69) is 18.7 Å². The van der Waals surface area contributed by atoms with E-state index in [1.165, 1.54) is 17.6 Å². The molecule has 0 aromatic heterocycles. The second-order valence-electron chi connectivity index (χ2n) is 3.18. The van der Waals surface area contributed by atoms with Gasteiger partial charge in [-0.15, -0.1) is 0 Å². The van der Waals surface area contributed by atoms with Crippen LogP contribution < -0.4 is 5.73 Å². The van der Waals surface area contributed by atoms with Gasteiger partial charge in [0, 0.05) is 6.04 Å². The van der Waals surface area contributed by atoms with Gasteiger partial charge in [-0.3, -0.25) is 4.39 Å². The minimum Gasteiger partial charge on any atom is -0.324 e. The maximum atomic E-state index is 9.50. The molecule has 1 atom stereocenters. The normalized spacial score (nSPS) is 21.9. The van der Waals surface area contributed by atoms with Crippen LogP contribution in [0.1, 0.15) is 26.2 Å². The first-order valence-corrected chi connectivity index (χ1v) is 4.91. The largest absolute Gasteiger partial charge is 0.324 e. The molecule has 80 valence electrons. The molecule has 1 unspecified atom stereocenters. The van der Waals surface area contributed by atoms with Gasteiger partial charge in [0.25, 0.3) is 0 Å². The molecule has 14 heavy (non-hydrogen) atoms. The molecule has 0 saturated heterocycles. The van der Waals surface area contributed by atoms with Gasteiger partial charge in [0.1, 0.15) is 0 Å². The Kier molecular flexibility index (Phi) is 7.03. The molecule has 0 saturated carbocycles. The second-order valence-corrected chi connectivity index (χ2v) is 3.18. The fourth-order valence-corrected chi connectivity index (χ4v) is 1.71. The minimum absolute atomic E-state index is 0.211. The lowest BCUT2D eigenvalue weighted by Crippen LogP contribution is -2.25. The summed E-state index contributed by atoms with van der Waals surface area (Å²) in [5, 5.41) is 0. The molecule has 0 spiro atoms. The summed E-state index contributed by atoms with van der Waals surface area (Å²) in [6.07, 6.45) is 9.58. The van der Waals surface area contributed by atoms with Gasteiger partial charge in [-0.2, -0.15) is 0 Å². The zero-order chi connectivity index (χ0) is 11.0. The predicted octanol–water partition coefficient (Wildman–Crippen LogP) is 3.14. The zero-order valence-corrected chi connectivity index (χ0v) is 9.09. The summed E-state index contributed by atoms with van der Waals surface area (Å²) in [5.41, 5.74) is 8.55. The highest BCUT2D eigenvalue weighted by Crippen LogP contribution is 2.25. The van der Waals surface area contributed by atoms with E-state index in [9.17, 15) is 4.39 Å². The molecule has 2 N–H and O–H groups in total. The van der Waals surface area contributed by atoms with Gasteiger partial charge in [0.05, 0.1) is 7.18 Å². The summed E-state index contributed by atoms with van der Waals surface area (Å²) in [7, 11) is 0.500. The summed E-state index contributed by atoms with van der Waals surface area (Å²) in [4.78, 5) is 0. The van der Waals surface area contributed by atoms with E-state index in [0.29, 0.717) is 7.18 Å². The monoisotopic (exact) mass is 197 g/mol. The fourth-order valence-electron chi connectivity index (χ4n) is 1.71. The molecule has 1 aliphatic carbocycles. The molecule has 1 nitrogen and oxygen atoms in total. The number of hydrogen-bond acceptors (Lipinski definition) is 1. The van der Waals surface area contributed by atoms with Crippen molar-refractivity contribution in [2.24, 2.45) is 5.73 Å². The van der Waals surface area contributed by atoms with Crippen LogP contribution in [-0.4, -0.2) is 13.2 Å². The Balaban J connectivity index is 0.000000791. The van der Waals surface area contributed by atoms with Gasteiger partial charge >= 0.3 is 0 Å². The molecule has 0 amide bonds. The molecule has 0 fully saturated rings. The van der Waals surface area contributed by atoms with Crippen LogP contribution >= 0.6 is 0 Å². The molecular formula is C12H20FN. The van der Waals surface area contributed by atoms with Crippen molar-refractivity contribution in [1.82, 2.24) is 0 Å². The molecule has 0 aromatic carbocycles. The van der Waals surface area contributed by atoms with E-state index in [1.807, 2.05) is 13.0 Å². The van der Waals surface area contributed by atoms with E-state index < -0.39 is 0 Å². The SMILES string of the molecule is C=CC1=C(/C=C\C)CCCC1N.CF. The molecule has 1 aliphatic rings.